The van der Waals surface area contributed by atoms with Gasteiger partial charge in [-0.3, -0.25) is 4.79 Å². The zero-order valence-corrected chi connectivity index (χ0v) is 16.0. The van der Waals surface area contributed by atoms with Gasteiger partial charge in [0.25, 0.3) is 5.91 Å². The van der Waals surface area contributed by atoms with Crippen molar-refractivity contribution in [3.63, 3.8) is 0 Å². The van der Waals surface area contributed by atoms with Crippen LogP contribution in [0.25, 0.3) is 5.69 Å². The van der Waals surface area contributed by atoms with E-state index in [9.17, 15) is 4.79 Å². The predicted octanol–water partition coefficient (Wildman–Crippen LogP) is 4.00. The van der Waals surface area contributed by atoms with Crippen LogP contribution in [0.4, 0.5) is 0 Å². The normalized spacial score (nSPS) is 17.8. The standard InChI is InChI=1S/C20H24ClN3O2/c1-13(2)19-17(20(25)23-9-11-26-12-10-23)18(14-3-4-14)22-24(19)16-7-5-15(21)6-8-16/h5-8,13-14H,3-4,9-12H2,1-2H3. The van der Waals surface area contributed by atoms with Gasteiger partial charge in [-0.2, -0.15) is 5.10 Å². The van der Waals surface area contributed by atoms with Gasteiger partial charge >= 0.3 is 0 Å². The summed E-state index contributed by atoms with van der Waals surface area (Å²) in [7, 11) is 0. The Bertz CT molecular complexity index is 803. The molecule has 4 rings (SSSR count). The number of hydrogen-bond acceptors (Lipinski definition) is 3. The van der Waals surface area contributed by atoms with Crippen LogP contribution in [0.15, 0.2) is 24.3 Å². The van der Waals surface area contributed by atoms with E-state index in [0.29, 0.717) is 37.2 Å². The van der Waals surface area contributed by atoms with E-state index in [1.54, 1.807) is 0 Å². The minimum Gasteiger partial charge on any atom is -0.378 e. The number of rotatable bonds is 4. The van der Waals surface area contributed by atoms with Crippen molar-refractivity contribution < 1.29 is 9.53 Å². The van der Waals surface area contributed by atoms with E-state index in [1.165, 1.54) is 0 Å². The first-order valence-corrected chi connectivity index (χ1v) is 9.70. The second-order valence-corrected chi connectivity index (χ2v) is 7.80. The number of nitrogens with zero attached hydrogens (tertiary/aromatic N) is 3. The molecule has 1 aliphatic carbocycles. The summed E-state index contributed by atoms with van der Waals surface area (Å²) in [6.45, 7) is 6.74. The molecule has 1 saturated carbocycles. The molecule has 0 unspecified atom stereocenters. The van der Waals surface area contributed by atoms with Crippen molar-refractivity contribution in [1.82, 2.24) is 14.7 Å². The lowest BCUT2D eigenvalue weighted by atomic mass is 10.00. The Morgan fingerprint density at radius 3 is 2.42 bits per heavy atom. The summed E-state index contributed by atoms with van der Waals surface area (Å²) in [6.07, 6.45) is 2.22. The molecule has 1 aromatic carbocycles. The second-order valence-electron chi connectivity index (χ2n) is 7.37. The molecule has 0 spiro atoms. The Morgan fingerprint density at radius 2 is 1.85 bits per heavy atom. The summed E-state index contributed by atoms with van der Waals surface area (Å²) in [4.78, 5) is 15.3. The third kappa shape index (κ3) is 3.26. The van der Waals surface area contributed by atoms with Crippen molar-refractivity contribution in [2.75, 3.05) is 26.3 Å². The summed E-state index contributed by atoms with van der Waals surface area (Å²) in [5.41, 5.74) is 3.70. The Hall–Kier alpha value is -1.85. The van der Waals surface area contributed by atoms with E-state index in [2.05, 4.69) is 13.8 Å². The van der Waals surface area contributed by atoms with Gasteiger partial charge in [0.1, 0.15) is 0 Å². The lowest BCUT2D eigenvalue weighted by molar-refractivity contribution is 0.0301. The van der Waals surface area contributed by atoms with Crippen LogP contribution in [-0.4, -0.2) is 46.9 Å². The van der Waals surface area contributed by atoms with Crippen LogP contribution in [0, 0.1) is 0 Å². The topological polar surface area (TPSA) is 47.4 Å². The molecule has 1 amide bonds. The smallest absolute Gasteiger partial charge is 0.257 e. The molecular weight excluding hydrogens is 350 g/mol. The minimum atomic E-state index is 0.0964. The highest BCUT2D eigenvalue weighted by atomic mass is 35.5. The fourth-order valence-corrected chi connectivity index (χ4v) is 3.67. The van der Waals surface area contributed by atoms with Crippen LogP contribution < -0.4 is 0 Å². The van der Waals surface area contributed by atoms with E-state index in [1.807, 2.05) is 33.8 Å². The SMILES string of the molecule is CC(C)c1c(C(=O)N2CCOCC2)c(C2CC2)nn1-c1ccc(Cl)cc1. The highest BCUT2D eigenvalue weighted by molar-refractivity contribution is 6.30. The lowest BCUT2D eigenvalue weighted by Crippen LogP contribution is -2.41. The predicted molar refractivity (Wildman–Crippen MR) is 101 cm³/mol. The molecule has 138 valence electrons. The van der Waals surface area contributed by atoms with Crippen molar-refractivity contribution in [2.24, 2.45) is 0 Å². The molecule has 0 radical (unpaired) electrons. The highest BCUT2D eigenvalue weighted by Crippen LogP contribution is 2.43. The molecular formula is C20H24ClN3O2. The maximum absolute atomic E-state index is 13.4. The molecule has 0 N–H and O–H groups in total. The van der Waals surface area contributed by atoms with Gasteiger partial charge in [-0.05, 0) is 43.0 Å². The molecule has 2 aromatic rings. The van der Waals surface area contributed by atoms with Crippen LogP contribution in [0.5, 0.6) is 0 Å². The quantitative estimate of drug-likeness (QED) is 0.813. The Balaban J connectivity index is 1.83. The van der Waals surface area contributed by atoms with Gasteiger partial charge in [-0.15, -0.1) is 0 Å². The van der Waals surface area contributed by atoms with E-state index < -0.39 is 0 Å². The first-order chi connectivity index (χ1) is 12.6. The van der Waals surface area contributed by atoms with Gasteiger partial charge < -0.3 is 9.64 Å². The van der Waals surface area contributed by atoms with Crippen LogP contribution in [-0.2, 0) is 4.74 Å². The maximum atomic E-state index is 13.4. The second kappa shape index (κ2) is 7.05. The van der Waals surface area contributed by atoms with Crippen molar-refractivity contribution in [3.05, 3.63) is 46.2 Å². The molecule has 0 bridgehead atoms. The third-order valence-electron chi connectivity index (χ3n) is 5.04. The molecule has 1 aromatic heterocycles. The molecule has 2 fully saturated rings. The minimum absolute atomic E-state index is 0.0964. The van der Waals surface area contributed by atoms with E-state index in [4.69, 9.17) is 21.4 Å². The van der Waals surface area contributed by atoms with E-state index in [-0.39, 0.29) is 11.8 Å². The number of benzene rings is 1. The zero-order valence-electron chi connectivity index (χ0n) is 15.2. The van der Waals surface area contributed by atoms with Crippen molar-refractivity contribution in [1.29, 1.82) is 0 Å². The Morgan fingerprint density at radius 1 is 1.19 bits per heavy atom. The summed E-state index contributed by atoms with van der Waals surface area (Å²) < 4.78 is 7.36. The molecule has 6 heteroatoms. The summed E-state index contributed by atoms with van der Waals surface area (Å²) in [5, 5.41) is 5.60. The molecule has 2 aliphatic rings. The monoisotopic (exact) mass is 373 g/mol. The molecule has 0 atom stereocenters. The van der Waals surface area contributed by atoms with Crippen LogP contribution in [0.1, 0.15) is 60.3 Å². The largest absolute Gasteiger partial charge is 0.378 e. The number of carbonyl (C=O) groups is 1. The molecule has 2 heterocycles. The van der Waals surface area contributed by atoms with Crippen molar-refractivity contribution in [2.45, 2.75) is 38.5 Å². The lowest BCUT2D eigenvalue weighted by Gasteiger charge is -2.27. The van der Waals surface area contributed by atoms with E-state index >= 15 is 0 Å². The first-order valence-electron chi connectivity index (χ1n) is 9.32. The van der Waals surface area contributed by atoms with Gasteiger partial charge in [0.15, 0.2) is 0 Å². The van der Waals surface area contributed by atoms with Gasteiger partial charge in [0, 0.05) is 24.0 Å². The fraction of sp³-hybridized carbons (Fsp3) is 0.500. The zero-order chi connectivity index (χ0) is 18.3. The average Bonchev–Trinajstić information content (AvgIpc) is 3.42. The fourth-order valence-electron chi connectivity index (χ4n) is 3.55. The molecule has 5 nitrogen and oxygen atoms in total. The first kappa shape index (κ1) is 17.6. The number of aromatic nitrogens is 2. The molecule has 1 aliphatic heterocycles. The van der Waals surface area contributed by atoms with Gasteiger partial charge in [-0.1, -0.05) is 25.4 Å². The van der Waals surface area contributed by atoms with Crippen molar-refractivity contribution >= 4 is 17.5 Å². The number of ether oxygens (including phenoxy) is 1. The Labute approximate surface area is 158 Å². The van der Waals surface area contributed by atoms with E-state index in [0.717, 1.165) is 35.5 Å². The number of hydrogen-bond donors (Lipinski definition) is 0. The number of morpholine rings is 1. The van der Waals surface area contributed by atoms with Crippen LogP contribution in [0.2, 0.25) is 5.02 Å². The highest BCUT2D eigenvalue weighted by Gasteiger charge is 2.37. The number of carbonyl (C=O) groups excluding carboxylic acids is 1. The Kier molecular flexibility index (Phi) is 4.76. The van der Waals surface area contributed by atoms with Gasteiger partial charge in [0.2, 0.25) is 0 Å². The van der Waals surface area contributed by atoms with Gasteiger partial charge in [-0.25, -0.2) is 4.68 Å². The maximum Gasteiger partial charge on any atom is 0.257 e. The molecule has 26 heavy (non-hydrogen) atoms. The van der Waals surface area contributed by atoms with Crippen LogP contribution in [0.3, 0.4) is 0 Å². The van der Waals surface area contributed by atoms with Crippen molar-refractivity contribution in [3.8, 4) is 5.69 Å². The summed E-state index contributed by atoms with van der Waals surface area (Å²) in [5.74, 6) is 0.686. The molecule has 1 saturated heterocycles. The number of halogens is 1. The average molecular weight is 374 g/mol. The van der Waals surface area contributed by atoms with Gasteiger partial charge in [0.05, 0.1) is 35.9 Å². The number of amides is 1. The third-order valence-corrected chi connectivity index (χ3v) is 5.29. The summed E-state index contributed by atoms with van der Waals surface area (Å²) >= 11 is 6.05. The summed E-state index contributed by atoms with van der Waals surface area (Å²) in [6, 6.07) is 7.65. The van der Waals surface area contributed by atoms with Crippen LogP contribution >= 0.6 is 11.6 Å².